The molecule has 3 aromatic rings. The van der Waals surface area contributed by atoms with Gasteiger partial charge in [-0.3, -0.25) is 0 Å². The number of benzene rings is 1. The number of H-pyrrole nitrogens is 1. The van der Waals surface area contributed by atoms with E-state index in [0.29, 0.717) is 0 Å². The maximum atomic E-state index is 5.39. The fourth-order valence-electron chi connectivity index (χ4n) is 2.18. The van der Waals surface area contributed by atoms with Crippen LogP contribution in [0.4, 0.5) is 0 Å². The maximum absolute atomic E-state index is 5.39. The van der Waals surface area contributed by atoms with E-state index in [1.54, 1.807) is 6.20 Å². The van der Waals surface area contributed by atoms with Crippen LogP contribution in [0.25, 0.3) is 11.0 Å². The van der Waals surface area contributed by atoms with E-state index in [0.717, 1.165) is 23.4 Å². The first-order chi connectivity index (χ1) is 8.75. The van der Waals surface area contributed by atoms with Crippen LogP contribution in [0.3, 0.4) is 0 Å². The normalized spacial score (nSPS) is 11.2. The molecule has 0 saturated heterocycles. The van der Waals surface area contributed by atoms with Gasteiger partial charge in [-0.15, -0.1) is 0 Å². The Labute approximate surface area is 110 Å². The molecule has 0 amide bonds. The number of rotatable bonds is 3. The third-order valence-electron chi connectivity index (χ3n) is 3.16. The number of aromatic amines is 1. The van der Waals surface area contributed by atoms with Crippen LogP contribution in [0, 0.1) is 11.7 Å². The molecule has 5 heteroatoms. The Morgan fingerprint density at radius 3 is 3.00 bits per heavy atom. The van der Waals surface area contributed by atoms with E-state index in [1.165, 1.54) is 11.1 Å². The molecule has 92 valence electrons. The Bertz CT molecular complexity index is 721. The molecule has 18 heavy (non-hydrogen) atoms. The molecule has 0 saturated carbocycles. The summed E-state index contributed by atoms with van der Waals surface area (Å²) in [6.07, 6.45) is 5.58. The van der Waals surface area contributed by atoms with Gasteiger partial charge in [-0.05, 0) is 30.8 Å². The molecular weight excluding hydrogens is 244 g/mol. The van der Waals surface area contributed by atoms with E-state index in [1.807, 2.05) is 12.5 Å². The van der Waals surface area contributed by atoms with Crippen molar-refractivity contribution in [1.82, 2.24) is 19.1 Å². The standard InChI is InChI=1S/C13H14N4S/c1-10-3-2-4-11-12(10)15-13(18)17(11)8-7-16-6-5-14-9-16/h2-6,9H,7-8H2,1H3,(H,15,18). The minimum atomic E-state index is 0.777. The van der Waals surface area contributed by atoms with Crippen LogP contribution in [-0.2, 0) is 13.1 Å². The van der Waals surface area contributed by atoms with E-state index in [4.69, 9.17) is 12.2 Å². The molecular formula is C13H14N4S. The molecule has 0 atom stereocenters. The average Bonchev–Trinajstić information content (AvgIpc) is 2.95. The van der Waals surface area contributed by atoms with Gasteiger partial charge in [0.25, 0.3) is 0 Å². The number of para-hydroxylation sites is 1. The Morgan fingerprint density at radius 2 is 2.22 bits per heavy atom. The molecule has 0 aliphatic carbocycles. The molecule has 1 aromatic carbocycles. The molecule has 0 aliphatic rings. The van der Waals surface area contributed by atoms with Crippen molar-refractivity contribution in [2.45, 2.75) is 20.0 Å². The Hall–Kier alpha value is -1.88. The number of aromatic nitrogens is 4. The van der Waals surface area contributed by atoms with Gasteiger partial charge < -0.3 is 14.1 Å². The second kappa shape index (κ2) is 4.42. The Kier molecular flexibility index (Phi) is 2.76. The number of imidazole rings is 2. The maximum Gasteiger partial charge on any atom is 0.178 e. The molecule has 2 heterocycles. The van der Waals surface area contributed by atoms with Crippen molar-refractivity contribution in [2.75, 3.05) is 0 Å². The summed E-state index contributed by atoms with van der Waals surface area (Å²) in [5.74, 6) is 0. The van der Waals surface area contributed by atoms with E-state index in [-0.39, 0.29) is 0 Å². The number of nitrogens with zero attached hydrogens (tertiary/aromatic N) is 3. The first kappa shape index (κ1) is 11.2. The van der Waals surface area contributed by atoms with Gasteiger partial charge in [-0.2, -0.15) is 0 Å². The highest BCUT2D eigenvalue weighted by Crippen LogP contribution is 2.17. The molecule has 0 spiro atoms. The molecule has 0 unspecified atom stereocenters. The highest BCUT2D eigenvalue weighted by molar-refractivity contribution is 7.71. The van der Waals surface area contributed by atoms with Gasteiger partial charge in [0.05, 0.1) is 17.4 Å². The lowest BCUT2D eigenvalue weighted by molar-refractivity contribution is 0.584. The van der Waals surface area contributed by atoms with Crippen molar-refractivity contribution >= 4 is 23.3 Å². The van der Waals surface area contributed by atoms with Crippen LogP contribution in [0.1, 0.15) is 5.56 Å². The molecule has 1 N–H and O–H groups in total. The van der Waals surface area contributed by atoms with Gasteiger partial charge >= 0.3 is 0 Å². The summed E-state index contributed by atoms with van der Waals surface area (Å²) in [5.41, 5.74) is 3.52. The Morgan fingerprint density at radius 1 is 1.33 bits per heavy atom. The van der Waals surface area contributed by atoms with Gasteiger partial charge in [0.2, 0.25) is 0 Å². The zero-order chi connectivity index (χ0) is 12.5. The number of aryl methyl sites for hydroxylation is 3. The van der Waals surface area contributed by atoms with Crippen LogP contribution in [-0.4, -0.2) is 19.1 Å². The van der Waals surface area contributed by atoms with Gasteiger partial charge in [0.15, 0.2) is 4.77 Å². The van der Waals surface area contributed by atoms with Gasteiger partial charge in [0.1, 0.15) is 0 Å². The van der Waals surface area contributed by atoms with Crippen molar-refractivity contribution < 1.29 is 0 Å². The monoisotopic (exact) mass is 258 g/mol. The van der Waals surface area contributed by atoms with E-state index < -0.39 is 0 Å². The number of nitrogens with one attached hydrogen (secondary N) is 1. The summed E-state index contributed by atoms with van der Waals surface area (Å²) in [4.78, 5) is 7.32. The fraction of sp³-hybridized carbons (Fsp3) is 0.231. The van der Waals surface area contributed by atoms with E-state index >= 15 is 0 Å². The lowest BCUT2D eigenvalue weighted by atomic mass is 10.2. The van der Waals surface area contributed by atoms with Crippen LogP contribution in [0.2, 0.25) is 0 Å². The highest BCUT2D eigenvalue weighted by Gasteiger charge is 2.05. The molecule has 0 radical (unpaired) electrons. The highest BCUT2D eigenvalue weighted by atomic mass is 32.1. The molecule has 2 aromatic heterocycles. The predicted molar refractivity (Wildman–Crippen MR) is 74.1 cm³/mol. The largest absolute Gasteiger partial charge is 0.336 e. The van der Waals surface area contributed by atoms with Crippen LogP contribution >= 0.6 is 12.2 Å². The molecule has 0 aliphatic heterocycles. The van der Waals surface area contributed by atoms with Crippen molar-refractivity contribution in [3.63, 3.8) is 0 Å². The predicted octanol–water partition coefficient (Wildman–Crippen LogP) is 2.90. The number of hydrogen-bond acceptors (Lipinski definition) is 2. The summed E-state index contributed by atoms with van der Waals surface area (Å²) in [6, 6.07) is 6.25. The first-order valence-corrected chi connectivity index (χ1v) is 6.30. The van der Waals surface area contributed by atoms with Gasteiger partial charge in [-0.1, -0.05) is 12.1 Å². The third kappa shape index (κ3) is 1.86. The quantitative estimate of drug-likeness (QED) is 0.734. The zero-order valence-corrected chi connectivity index (χ0v) is 10.9. The van der Waals surface area contributed by atoms with Gasteiger partial charge in [0, 0.05) is 25.5 Å². The minimum absolute atomic E-state index is 0.777. The van der Waals surface area contributed by atoms with Crippen LogP contribution in [0.15, 0.2) is 36.9 Å². The number of hydrogen-bond donors (Lipinski definition) is 1. The van der Waals surface area contributed by atoms with Crippen molar-refractivity contribution in [3.05, 3.63) is 47.3 Å². The third-order valence-corrected chi connectivity index (χ3v) is 3.48. The Balaban J connectivity index is 1.99. The van der Waals surface area contributed by atoms with E-state index in [2.05, 4.69) is 44.2 Å². The summed E-state index contributed by atoms with van der Waals surface area (Å²) in [6.45, 7) is 3.81. The zero-order valence-electron chi connectivity index (χ0n) is 10.1. The molecule has 0 bridgehead atoms. The molecule has 3 rings (SSSR count). The lowest BCUT2D eigenvalue weighted by Gasteiger charge is -2.05. The van der Waals surface area contributed by atoms with Crippen molar-refractivity contribution in [3.8, 4) is 0 Å². The van der Waals surface area contributed by atoms with Crippen molar-refractivity contribution in [1.29, 1.82) is 0 Å². The second-order valence-corrected chi connectivity index (χ2v) is 4.74. The van der Waals surface area contributed by atoms with E-state index in [9.17, 15) is 0 Å². The SMILES string of the molecule is Cc1cccc2c1[nH]c(=S)n2CCn1ccnc1. The average molecular weight is 258 g/mol. The lowest BCUT2D eigenvalue weighted by Crippen LogP contribution is -2.05. The van der Waals surface area contributed by atoms with Crippen molar-refractivity contribution in [2.24, 2.45) is 0 Å². The summed E-state index contributed by atoms with van der Waals surface area (Å²) in [5, 5.41) is 0. The van der Waals surface area contributed by atoms with Crippen LogP contribution < -0.4 is 0 Å². The summed E-state index contributed by atoms with van der Waals surface area (Å²) >= 11 is 5.39. The second-order valence-electron chi connectivity index (χ2n) is 4.35. The topological polar surface area (TPSA) is 38.5 Å². The smallest absolute Gasteiger partial charge is 0.178 e. The summed E-state index contributed by atoms with van der Waals surface area (Å²) in [7, 11) is 0. The number of fused-ring (bicyclic) bond motifs is 1. The van der Waals surface area contributed by atoms with Gasteiger partial charge in [-0.25, -0.2) is 4.98 Å². The first-order valence-electron chi connectivity index (χ1n) is 5.89. The fourth-order valence-corrected chi connectivity index (χ4v) is 2.47. The summed E-state index contributed by atoms with van der Waals surface area (Å²) < 4.78 is 4.97. The minimum Gasteiger partial charge on any atom is -0.336 e. The van der Waals surface area contributed by atoms with Crippen LogP contribution in [0.5, 0.6) is 0 Å². The molecule has 4 nitrogen and oxygen atoms in total. The molecule has 0 fully saturated rings.